The van der Waals surface area contributed by atoms with E-state index in [4.69, 9.17) is 14.5 Å². The Morgan fingerprint density at radius 2 is 2.22 bits per heavy atom. The Morgan fingerprint density at radius 1 is 1.37 bits per heavy atom. The summed E-state index contributed by atoms with van der Waals surface area (Å²) < 4.78 is 11.4. The zero-order valence-electron chi connectivity index (χ0n) is 17.0. The molecule has 1 atom stereocenters. The molecule has 1 heterocycles. The maximum atomic E-state index is 9.38. The quantitative estimate of drug-likeness (QED) is 0.432. The highest BCUT2D eigenvalue weighted by Gasteiger charge is 2.34. The monoisotopic (exact) mass is 377 g/mol. The Kier molecular flexibility index (Phi) is 8.88. The van der Waals surface area contributed by atoms with Gasteiger partial charge in [-0.1, -0.05) is 26.0 Å². The largest absolute Gasteiger partial charge is 0.493 e. The number of hydrogen-bond acceptors (Lipinski definition) is 4. The lowest BCUT2D eigenvalue weighted by atomic mass is 9.84. The predicted octanol–water partition coefficient (Wildman–Crippen LogP) is 2.57. The fourth-order valence-electron chi connectivity index (χ4n) is 3.09. The standard InChI is InChI=1S/C21H35N3O3/c1-4-22-20(24-15-21(8-10-25)9-11-26-16-21)23-13-18-6-5-7-19(12-18)27-14-17(2)3/h5-7,12,17,25H,4,8-11,13-16H2,1-3H3,(H2,22,23,24). The van der Waals surface area contributed by atoms with E-state index in [2.05, 4.69) is 37.5 Å². The molecular formula is C21H35N3O3. The van der Waals surface area contributed by atoms with Crippen LogP contribution in [0.1, 0.15) is 39.2 Å². The second kappa shape index (κ2) is 11.1. The van der Waals surface area contributed by atoms with Crippen LogP contribution in [0.15, 0.2) is 29.3 Å². The average Bonchev–Trinajstić information content (AvgIpc) is 3.12. The van der Waals surface area contributed by atoms with Gasteiger partial charge in [-0.2, -0.15) is 0 Å². The molecule has 0 aliphatic carbocycles. The summed E-state index contributed by atoms with van der Waals surface area (Å²) in [6.45, 7) is 10.8. The normalized spacial score (nSPS) is 20.1. The number of hydrogen-bond donors (Lipinski definition) is 3. The Bertz CT molecular complexity index is 584. The molecule has 0 radical (unpaired) electrons. The smallest absolute Gasteiger partial charge is 0.191 e. The van der Waals surface area contributed by atoms with Crippen molar-refractivity contribution in [3.63, 3.8) is 0 Å². The number of aliphatic hydroxyl groups is 1. The van der Waals surface area contributed by atoms with Crippen molar-refractivity contribution in [3.8, 4) is 5.75 Å². The Hall–Kier alpha value is -1.79. The molecule has 0 aromatic heterocycles. The number of rotatable bonds is 10. The Balaban J connectivity index is 1.95. The van der Waals surface area contributed by atoms with Crippen LogP contribution in [0, 0.1) is 11.3 Å². The van der Waals surface area contributed by atoms with Gasteiger partial charge in [0.2, 0.25) is 0 Å². The van der Waals surface area contributed by atoms with Crippen LogP contribution >= 0.6 is 0 Å². The van der Waals surface area contributed by atoms with Crippen molar-refractivity contribution in [1.82, 2.24) is 10.6 Å². The maximum absolute atomic E-state index is 9.38. The van der Waals surface area contributed by atoms with E-state index in [0.717, 1.165) is 49.8 Å². The first kappa shape index (κ1) is 21.5. The SMILES string of the molecule is CCNC(=NCc1cccc(OCC(C)C)c1)NCC1(CCO)CCOC1. The fourth-order valence-corrected chi connectivity index (χ4v) is 3.09. The molecule has 1 aromatic carbocycles. The van der Waals surface area contributed by atoms with Gasteiger partial charge < -0.3 is 25.2 Å². The summed E-state index contributed by atoms with van der Waals surface area (Å²) in [6, 6.07) is 8.10. The molecule has 27 heavy (non-hydrogen) atoms. The second-order valence-corrected chi connectivity index (χ2v) is 7.68. The Morgan fingerprint density at radius 3 is 2.89 bits per heavy atom. The van der Waals surface area contributed by atoms with Crippen LogP contribution in [0.25, 0.3) is 0 Å². The van der Waals surface area contributed by atoms with Crippen molar-refractivity contribution in [1.29, 1.82) is 0 Å². The van der Waals surface area contributed by atoms with Crippen molar-refractivity contribution < 1.29 is 14.6 Å². The van der Waals surface area contributed by atoms with Gasteiger partial charge in [-0.05, 0) is 43.4 Å². The van der Waals surface area contributed by atoms with Gasteiger partial charge >= 0.3 is 0 Å². The molecule has 6 heteroatoms. The van der Waals surface area contributed by atoms with Gasteiger partial charge in [0.25, 0.3) is 0 Å². The lowest BCUT2D eigenvalue weighted by Gasteiger charge is -2.27. The van der Waals surface area contributed by atoms with Crippen molar-refractivity contribution in [2.24, 2.45) is 16.3 Å². The maximum Gasteiger partial charge on any atom is 0.191 e. The van der Waals surface area contributed by atoms with Gasteiger partial charge in [0.15, 0.2) is 5.96 Å². The minimum absolute atomic E-state index is 0.00442. The van der Waals surface area contributed by atoms with Crippen molar-refractivity contribution in [3.05, 3.63) is 29.8 Å². The van der Waals surface area contributed by atoms with E-state index >= 15 is 0 Å². The number of ether oxygens (including phenoxy) is 2. The minimum atomic E-state index is -0.00442. The van der Waals surface area contributed by atoms with Crippen LogP contribution in [0.3, 0.4) is 0 Å². The molecule has 1 fully saturated rings. The predicted molar refractivity (Wildman–Crippen MR) is 109 cm³/mol. The third-order valence-corrected chi connectivity index (χ3v) is 4.70. The first-order valence-electron chi connectivity index (χ1n) is 9.99. The summed E-state index contributed by atoms with van der Waals surface area (Å²) in [5, 5.41) is 16.1. The van der Waals surface area contributed by atoms with E-state index in [1.165, 1.54) is 0 Å². The molecule has 0 bridgehead atoms. The summed E-state index contributed by atoms with van der Waals surface area (Å²) in [5.41, 5.74) is 1.11. The van der Waals surface area contributed by atoms with Gasteiger partial charge in [-0.25, -0.2) is 4.99 Å². The van der Waals surface area contributed by atoms with Crippen molar-refractivity contribution >= 4 is 5.96 Å². The highest BCUT2D eigenvalue weighted by atomic mass is 16.5. The molecule has 1 aliphatic heterocycles. The molecule has 0 saturated carbocycles. The zero-order valence-corrected chi connectivity index (χ0v) is 17.0. The molecule has 6 nitrogen and oxygen atoms in total. The summed E-state index contributed by atoms with van der Waals surface area (Å²) in [7, 11) is 0. The summed E-state index contributed by atoms with van der Waals surface area (Å²) in [5.74, 6) is 2.18. The first-order chi connectivity index (χ1) is 13.1. The van der Waals surface area contributed by atoms with Crippen LogP contribution in [0.4, 0.5) is 0 Å². The van der Waals surface area contributed by atoms with Crippen LogP contribution < -0.4 is 15.4 Å². The van der Waals surface area contributed by atoms with E-state index in [1.54, 1.807) is 0 Å². The van der Waals surface area contributed by atoms with Gasteiger partial charge in [0.05, 0.1) is 19.8 Å². The third kappa shape index (κ3) is 7.39. The van der Waals surface area contributed by atoms with E-state index in [-0.39, 0.29) is 12.0 Å². The topological polar surface area (TPSA) is 75.1 Å². The Labute approximate surface area is 163 Å². The zero-order chi connectivity index (χ0) is 19.5. The van der Waals surface area contributed by atoms with Crippen LogP contribution in [-0.2, 0) is 11.3 Å². The van der Waals surface area contributed by atoms with E-state index in [9.17, 15) is 5.11 Å². The lowest BCUT2D eigenvalue weighted by molar-refractivity contribution is 0.127. The van der Waals surface area contributed by atoms with Gasteiger partial charge in [-0.15, -0.1) is 0 Å². The number of guanidine groups is 1. The first-order valence-corrected chi connectivity index (χ1v) is 9.99. The van der Waals surface area contributed by atoms with Crippen molar-refractivity contribution in [2.45, 2.75) is 40.2 Å². The van der Waals surface area contributed by atoms with Crippen molar-refractivity contribution in [2.75, 3.05) is 39.5 Å². The van der Waals surface area contributed by atoms with Crippen LogP contribution in [-0.4, -0.2) is 50.6 Å². The highest BCUT2D eigenvalue weighted by molar-refractivity contribution is 5.79. The molecule has 0 amide bonds. The minimum Gasteiger partial charge on any atom is -0.493 e. The van der Waals surface area contributed by atoms with E-state index in [0.29, 0.717) is 25.7 Å². The van der Waals surface area contributed by atoms with Gasteiger partial charge in [-0.3, -0.25) is 0 Å². The van der Waals surface area contributed by atoms with E-state index < -0.39 is 0 Å². The number of aliphatic imine (C=N–C) groups is 1. The fraction of sp³-hybridized carbons (Fsp3) is 0.667. The number of nitrogens with zero attached hydrogens (tertiary/aromatic N) is 1. The third-order valence-electron chi connectivity index (χ3n) is 4.70. The molecule has 1 aliphatic rings. The highest BCUT2D eigenvalue weighted by Crippen LogP contribution is 2.31. The average molecular weight is 378 g/mol. The molecule has 1 saturated heterocycles. The van der Waals surface area contributed by atoms with Gasteiger partial charge in [0, 0.05) is 31.7 Å². The number of nitrogens with one attached hydrogen (secondary N) is 2. The molecule has 152 valence electrons. The molecule has 1 unspecified atom stereocenters. The van der Waals surface area contributed by atoms with Gasteiger partial charge in [0.1, 0.15) is 5.75 Å². The molecule has 3 N–H and O–H groups in total. The number of aliphatic hydroxyl groups excluding tert-OH is 1. The molecular weight excluding hydrogens is 342 g/mol. The summed E-state index contributed by atoms with van der Waals surface area (Å²) in [4.78, 5) is 4.71. The summed E-state index contributed by atoms with van der Waals surface area (Å²) >= 11 is 0. The summed E-state index contributed by atoms with van der Waals surface area (Å²) in [6.07, 6.45) is 1.71. The number of benzene rings is 1. The van der Waals surface area contributed by atoms with Crippen LogP contribution in [0.5, 0.6) is 5.75 Å². The second-order valence-electron chi connectivity index (χ2n) is 7.68. The molecule has 1 aromatic rings. The lowest BCUT2D eigenvalue weighted by Crippen LogP contribution is -2.44. The van der Waals surface area contributed by atoms with Crippen LogP contribution in [0.2, 0.25) is 0 Å². The molecule has 0 spiro atoms. The van der Waals surface area contributed by atoms with E-state index in [1.807, 2.05) is 18.2 Å². The molecule has 2 rings (SSSR count).